The molecular weight excluding hydrogens is 346 g/mol. The lowest BCUT2D eigenvalue weighted by Gasteiger charge is -2.45. The van der Waals surface area contributed by atoms with Crippen LogP contribution in [0.3, 0.4) is 0 Å². The number of carboxylic acids is 1. The molecule has 2 unspecified atom stereocenters. The Bertz CT molecular complexity index is 779. The zero-order valence-corrected chi connectivity index (χ0v) is 12.5. The van der Waals surface area contributed by atoms with Gasteiger partial charge in [-0.15, -0.1) is 0 Å². The smallest absolute Gasteiger partial charge is 0.397 e. The van der Waals surface area contributed by atoms with Crippen LogP contribution in [0.2, 0.25) is 0 Å². The molecule has 0 saturated carbocycles. The molecule has 0 bridgehead atoms. The second-order valence-corrected chi connectivity index (χ2v) is 7.28. The fourth-order valence-corrected chi connectivity index (χ4v) is 4.01. The van der Waals surface area contributed by atoms with Crippen LogP contribution < -0.4 is 0 Å². The lowest BCUT2D eigenvalue weighted by Crippen LogP contribution is -2.62. The van der Waals surface area contributed by atoms with E-state index in [1.165, 1.54) is 0 Å². The van der Waals surface area contributed by atoms with Crippen LogP contribution in [0.1, 0.15) is 13.3 Å². The average molecular weight is 357 g/mol. The van der Waals surface area contributed by atoms with Gasteiger partial charge in [0.05, 0.1) is 18.1 Å². The molecule has 0 aromatic heterocycles. The maximum atomic E-state index is 12.0. The van der Waals surface area contributed by atoms with Crippen molar-refractivity contribution in [2.45, 2.75) is 25.5 Å². The fraction of sp³-hybridized carbons (Fsp3) is 0.556. The zero-order chi connectivity index (χ0) is 17.0. The van der Waals surface area contributed by atoms with Crippen molar-refractivity contribution in [2.75, 3.05) is 0 Å². The van der Waals surface area contributed by atoms with Crippen molar-refractivity contribution in [1.29, 1.82) is 0 Å². The van der Waals surface area contributed by atoms with Crippen LogP contribution in [-0.2, 0) is 34.3 Å². The first-order chi connectivity index (χ1) is 9.84. The molecule has 1 amide bonds. The van der Waals surface area contributed by atoms with Gasteiger partial charge in [-0.25, -0.2) is 8.98 Å². The molecule has 3 N–H and O–H groups in total. The Morgan fingerprint density at radius 2 is 1.86 bits per heavy atom. The number of fused-ring (bicyclic) bond motifs is 1. The first-order valence-corrected chi connectivity index (χ1v) is 8.58. The maximum absolute atomic E-state index is 12.0. The summed E-state index contributed by atoms with van der Waals surface area (Å²) in [6, 6.07) is -0.993. The minimum atomic E-state index is -4.84. The summed E-state index contributed by atoms with van der Waals surface area (Å²) in [6.45, 7) is 1.15. The van der Waals surface area contributed by atoms with Gasteiger partial charge < -0.3 is 10.0 Å². The minimum absolute atomic E-state index is 0.490. The number of carboxylic acid groups (broad SMARTS) is 1. The quantitative estimate of drug-likeness (QED) is 0.392. The second-order valence-electron chi connectivity index (χ2n) is 4.79. The molecule has 3 atom stereocenters. The average Bonchev–Trinajstić information content (AvgIpc) is 2.61. The highest BCUT2D eigenvalue weighted by atomic mass is 32.3. The van der Waals surface area contributed by atoms with Gasteiger partial charge in [-0.1, -0.05) is 0 Å². The molecule has 22 heavy (non-hydrogen) atoms. The van der Waals surface area contributed by atoms with Crippen molar-refractivity contribution in [3.8, 4) is 0 Å². The Balaban J connectivity index is 2.33. The van der Waals surface area contributed by atoms with E-state index in [-0.39, 0.29) is 0 Å². The number of rotatable bonds is 5. The summed E-state index contributed by atoms with van der Waals surface area (Å²) in [5.74, 6) is -3.77. The molecule has 2 heterocycles. The van der Waals surface area contributed by atoms with Gasteiger partial charge in [0, 0.05) is 6.42 Å². The molecule has 124 valence electrons. The van der Waals surface area contributed by atoms with Crippen LogP contribution in [0.5, 0.6) is 0 Å². The number of nitrogens with zero attached hydrogens (tertiary/aromatic N) is 1. The van der Waals surface area contributed by atoms with Gasteiger partial charge in [0.25, 0.3) is 10.1 Å². The number of amides is 1. The van der Waals surface area contributed by atoms with E-state index >= 15 is 0 Å². The molecule has 11 nitrogen and oxygen atoms in total. The van der Waals surface area contributed by atoms with Gasteiger partial charge in [0.1, 0.15) is 10.6 Å². The monoisotopic (exact) mass is 357 g/mol. The molecule has 1 fully saturated rings. The number of hydrogen-bond acceptors (Lipinski definition) is 7. The van der Waals surface area contributed by atoms with Crippen LogP contribution in [0.4, 0.5) is 0 Å². The molecule has 13 heteroatoms. The zero-order valence-electron chi connectivity index (χ0n) is 10.9. The number of carbonyl (C=O) groups excluding carboxylic acids is 1. The van der Waals surface area contributed by atoms with Crippen molar-refractivity contribution in [2.24, 2.45) is 5.92 Å². The Labute approximate surface area is 124 Å². The summed E-state index contributed by atoms with van der Waals surface area (Å²) in [5, 5.41) is 9.00. The van der Waals surface area contributed by atoms with Crippen LogP contribution in [0.25, 0.3) is 0 Å². The van der Waals surface area contributed by atoms with Crippen molar-refractivity contribution < 1.29 is 44.8 Å². The Kier molecular flexibility index (Phi) is 3.81. The summed E-state index contributed by atoms with van der Waals surface area (Å²) in [4.78, 5) is 22.9. The maximum Gasteiger partial charge on any atom is 0.397 e. The molecule has 2 aliphatic heterocycles. The van der Waals surface area contributed by atoms with Crippen molar-refractivity contribution in [3.05, 3.63) is 10.6 Å². The van der Waals surface area contributed by atoms with Gasteiger partial charge >= 0.3 is 16.4 Å². The molecule has 2 rings (SSSR count). The standard InChI is InChI=1S/C9H11NO10S2/c1-3(20-22(17,18)19)6-4-2-5(21(14,15)16)7(9(12)13)10(4)8(6)11/h3-4,6H,2H2,1H3,(H,12,13)(H,14,15,16)(H,17,18,19)/t3-,4?,6?/m0/s1. The first-order valence-electron chi connectivity index (χ1n) is 5.77. The van der Waals surface area contributed by atoms with E-state index < -0.39 is 67.5 Å². The molecule has 0 aromatic carbocycles. The predicted octanol–water partition coefficient (Wildman–Crippen LogP) is -1.39. The summed E-state index contributed by atoms with van der Waals surface area (Å²) in [7, 11) is -9.67. The molecule has 0 aromatic rings. The third-order valence-electron chi connectivity index (χ3n) is 3.46. The molecule has 1 saturated heterocycles. The van der Waals surface area contributed by atoms with E-state index in [0.29, 0.717) is 4.90 Å². The number of β-lactam (4-membered cyclic amide) rings is 1. The molecule has 0 radical (unpaired) electrons. The number of aliphatic carboxylic acids is 1. The van der Waals surface area contributed by atoms with E-state index in [2.05, 4.69) is 4.18 Å². The summed E-state index contributed by atoms with van der Waals surface area (Å²) in [5.41, 5.74) is -0.868. The van der Waals surface area contributed by atoms with Gasteiger partial charge in [-0.3, -0.25) is 13.9 Å². The molecule has 2 aliphatic rings. The minimum Gasteiger partial charge on any atom is -0.477 e. The SMILES string of the molecule is C[C@H](OS(=O)(=O)O)C1C(=O)N2C(C(=O)O)=C(S(=O)(=O)O)CC12. The van der Waals surface area contributed by atoms with E-state index in [4.69, 9.17) is 14.2 Å². The highest BCUT2D eigenvalue weighted by Gasteiger charge is 2.59. The summed E-state index contributed by atoms with van der Waals surface area (Å²) in [6.07, 6.45) is -1.82. The summed E-state index contributed by atoms with van der Waals surface area (Å²) >= 11 is 0. The van der Waals surface area contributed by atoms with Gasteiger partial charge in [0.15, 0.2) is 0 Å². The third kappa shape index (κ3) is 2.72. The van der Waals surface area contributed by atoms with E-state index in [9.17, 15) is 26.4 Å². The lowest BCUT2D eigenvalue weighted by atomic mass is 9.83. The predicted molar refractivity (Wildman–Crippen MR) is 67.0 cm³/mol. The van der Waals surface area contributed by atoms with Crippen LogP contribution in [-0.4, -0.2) is 60.0 Å². The molecule has 0 aliphatic carbocycles. The number of carbonyl (C=O) groups is 2. The number of hydrogen-bond donors (Lipinski definition) is 3. The Morgan fingerprint density at radius 1 is 1.32 bits per heavy atom. The molecular formula is C9H11NO10S2. The van der Waals surface area contributed by atoms with Crippen molar-refractivity contribution >= 4 is 32.4 Å². The van der Waals surface area contributed by atoms with Crippen molar-refractivity contribution in [3.63, 3.8) is 0 Å². The van der Waals surface area contributed by atoms with Crippen LogP contribution in [0, 0.1) is 5.92 Å². The van der Waals surface area contributed by atoms with Crippen LogP contribution >= 0.6 is 0 Å². The van der Waals surface area contributed by atoms with Crippen LogP contribution in [0.15, 0.2) is 10.6 Å². The summed E-state index contributed by atoms with van der Waals surface area (Å²) < 4.78 is 65.6. The Morgan fingerprint density at radius 3 is 2.27 bits per heavy atom. The van der Waals surface area contributed by atoms with Gasteiger partial charge in [0.2, 0.25) is 5.91 Å². The highest BCUT2D eigenvalue weighted by molar-refractivity contribution is 7.89. The van der Waals surface area contributed by atoms with E-state index in [1.807, 2.05) is 0 Å². The normalized spacial score (nSPS) is 26.7. The highest BCUT2D eigenvalue weighted by Crippen LogP contribution is 2.45. The van der Waals surface area contributed by atoms with Gasteiger partial charge in [-0.2, -0.15) is 16.8 Å². The van der Waals surface area contributed by atoms with Crippen molar-refractivity contribution in [1.82, 2.24) is 4.90 Å². The van der Waals surface area contributed by atoms with E-state index in [0.717, 1.165) is 6.92 Å². The largest absolute Gasteiger partial charge is 0.477 e. The topological polar surface area (TPSA) is 176 Å². The van der Waals surface area contributed by atoms with Gasteiger partial charge in [-0.05, 0) is 6.92 Å². The Hall–Kier alpha value is -1.54. The second kappa shape index (κ2) is 4.99. The lowest BCUT2D eigenvalue weighted by molar-refractivity contribution is -0.160. The first kappa shape index (κ1) is 16.8. The fourth-order valence-electron chi connectivity index (χ4n) is 2.70. The molecule has 0 spiro atoms. The van der Waals surface area contributed by atoms with E-state index in [1.54, 1.807) is 0 Å². The third-order valence-corrected chi connectivity index (χ3v) is 4.99.